The second kappa shape index (κ2) is 11.0. The molecule has 0 aliphatic carbocycles. The molecule has 7 nitrogen and oxygen atoms in total. The van der Waals surface area contributed by atoms with Crippen molar-refractivity contribution < 1.29 is 14.6 Å². The van der Waals surface area contributed by atoms with Crippen LogP contribution in [0.15, 0.2) is 42.5 Å². The van der Waals surface area contributed by atoms with Gasteiger partial charge in [0, 0.05) is 19.6 Å². The quantitative estimate of drug-likeness (QED) is 0.354. The summed E-state index contributed by atoms with van der Waals surface area (Å²) in [5.74, 6) is 2.03. The zero-order valence-electron chi connectivity index (χ0n) is 19.3. The van der Waals surface area contributed by atoms with Crippen LogP contribution in [0.25, 0.3) is 11.4 Å². The number of aromatic nitrogens is 3. The van der Waals surface area contributed by atoms with Crippen molar-refractivity contribution in [2.45, 2.75) is 32.7 Å². The lowest BCUT2D eigenvalue weighted by Crippen LogP contribution is -2.37. The Morgan fingerprint density at radius 3 is 2.64 bits per heavy atom. The summed E-state index contributed by atoms with van der Waals surface area (Å²) in [4.78, 5) is 2.41. The van der Waals surface area contributed by atoms with E-state index in [2.05, 4.69) is 28.9 Å². The van der Waals surface area contributed by atoms with E-state index >= 15 is 0 Å². The van der Waals surface area contributed by atoms with Gasteiger partial charge in [-0.2, -0.15) is 5.10 Å². The summed E-state index contributed by atoms with van der Waals surface area (Å²) in [6.07, 6.45) is 0.994. The Labute approximate surface area is 200 Å². The maximum atomic E-state index is 10.5. The second-order valence-corrected chi connectivity index (χ2v) is 9.06. The van der Waals surface area contributed by atoms with Gasteiger partial charge in [0.25, 0.3) is 0 Å². The molecular formula is C25H32N4O3S. The molecule has 0 atom stereocenters. The summed E-state index contributed by atoms with van der Waals surface area (Å²) in [5.41, 5.74) is 2.89. The number of benzene rings is 2. The average molecular weight is 469 g/mol. The van der Waals surface area contributed by atoms with Gasteiger partial charge in [-0.3, -0.25) is 14.6 Å². The minimum Gasteiger partial charge on any atom is -0.507 e. The van der Waals surface area contributed by atoms with Crippen LogP contribution >= 0.6 is 12.2 Å². The molecule has 33 heavy (non-hydrogen) atoms. The number of H-pyrrole nitrogens is 1. The summed E-state index contributed by atoms with van der Waals surface area (Å²) >= 11 is 5.48. The monoisotopic (exact) mass is 468 g/mol. The number of rotatable bonds is 9. The summed E-state index contributed by atoms with van der Waals surface area (Å²) in [7, 11) is 0. The van der Waals surface area contributed by atoms with Gasteiger partial charge in [0.2, 0.25) is 0 Å². The van der Waals surface area contributed by atoms with Crippen molar-refractivity contribution in [1.82, 2.24) is 19.7 Å². The zero-order chi connectivity index (χ0) is 23.2. The van der Waals surface area contributed by atoms with Gasteiger partial charge in [-0.1, -0.05) is 32.0 Å². The SMILES string of the molecule is CC(C)c1ccc(O)c(-c2n[nH]c(=S)n2Cc2ccc(OCCCN3CCOCC3)cc2)c1. The van der Waals surface area contributed by atoms with E-state index in [9.17, 15) is 5.11 Å². The molecule has 3 aromatic rings. The molecule has 0 amide bonds. The molecule has 0 spiro atoms. The van der Waals surface area contributed by atoms with Crippen LogP contribution in [0.1, 0.15) is 37.3 Å². The van der Waals surface area contributed by atoms with Gasteiger partial charge in [-0.25, -0.2) is 0 Å². The van der Waals surface area contributed by atoms with Crippen molar-refractivity contribution in [3.63, 3.8) is 0 Å². The van der Waals surface area contributed by atoms with E-state index < -0.39 is 0 Å². The van der Waals surface area contributed by atoms with Crippen LogP contribution in [-0.2, 0) is 11.3 Å². The topological polar surface area (TPSA) is 75.5 Å². The predicted molar refractivity (Wildman–Crippen MR) is 132 cm³/mol. The van der Waals surface area contributed by atoms with E-state index in [1.165, 1.54) is 0 Å². The maximum Gasteiger partial charge on any atom is 0.195 e. The fraction of sp³-hybridized carbons (Fsp3) is 0.440. The summed E-state index contributed by atoms with van der Waals surface area (Å²) in [5, 5.41) is 17.7. The minimum absolute atomic E-state index is 0.190. The van der Waals surface area contributed by atoms with Gasteiger partial charge in [-0.05, 0) is 59.9 Å². The summed E-state index contributed by atoms with van der Waals surface area (Å²) in [6.45, 7) is 10.2. The van der Waals surface area contributed by atoms with E-state index in [4.69, 9.17) is 21.7 Å². The van der Waals surface area contributed by atoms with E-state index in [0.29, 0.717) is 35.2 Å². The Hall–Kier alpha value is -2.68. The molecule has 2 aromatic carbocycles. The molecule has 1 aliphatic heterocycles. The molecule has 1 aromatic heterocycles. The molecule has 0 unspecified atom stereocenters. The number of nitrogens with one attached hydrogen (secondary N) is 1. The number of hydrogen-bond acceptors (Lipinski definition) is 6. The number of phenolic OH excluding ortho intramolecular Hbond substituents is 1. The lowest BCUT2D eigenvalue weighted by atomic mass is 10.00. The summed E-state index contributed by atoms with van der Waals surface area (Å²) < 4.78 is 13.7. The molecule has 1 fully saturated rings. The van der Waals surface area contributed by atoms with Crippen molar-refractivity contribution in [2.75, 3.05) is 39.5 Å². The third-order valence-electron chi connectivity index (χ3n) is 5.94. The normalized spacial score (nSPS) is 14.6. The van der Waals surface area contributed by atoms with Crippen molar-refractivity contribution in [3.05, 3.63) is 58.4 Å². The Balaban J connectivity index is 1.39. The number of aromatic hydroxyl groups is 1. The second-order valence-electron chi connectivity index (χ2n) is 8.67. The smallest absolute Gasteiger partial charge is 0.195 e. The van der Waals surface area contributed by atoms with E-state index in [1.807, 2.05) is 41.0 Å². The van der Waals surface area contributed by atoms with Crippen molar-refractivity contribution in [1.29, 1.82) is 0 Å². The lowest BCUT2D eigenvalue weighted by Gasteiger charge is -2.26. The molecule has 0 bridgehead atoms. The van der Waals surface area contributed by atoms with Crippen LogP contribution in [0, 0.1) is 4.77 Å². The highest BCUT2D eigenvalue weighted by molar-refractivity contribution is 7.71. The number of ether oxygens (including phenoxy) is 2. The van der Waals surface area contributed by atoms with Crippen LogP contribution in [0.4, 0.5) is 0 Å². The zero-order valence-corrected chi connectivity index (χ0v) is 20.1. The van der Waals surface area contributed by atoms with Gasteiger partial charge in [0.05, 0.1) is 31.9 Å². The van der Waals surface area contributed by atoms with Crippen LogP contribution in [0.3, 0.4) is 0 Å². The highest BCUT2D eigenvalue weighted by Crippen LogP contribution is 2.31. The lowest BCUT2D eigenvalue weighted by molar-refractivity contribution is 0.0358. The third kappa shape index (κ3) is 6.01. The molecule has 1 saturated heterocycles. The van der Waals surface area contributed by atoms with Crippen LogP contribution in [-0.4, -0.2) is 64.2 Å². The molecule has 176 valence electrons. The van der Waals surface area contributed by atoms with Crippen molar-refractivity contribution in [2.24, 2.45) is 0 Å². The largest absolute Gasteiger partial charge is 0.507 e. The van der Waals surface area contributed by atoms with E-state index in [0.717, 1.165) is 56.1 Å². The van der Waals surface area contributed by atoms with Gasteiger partial charge >= 0.3 is 0 Å². The predicted octanol–water partition coefficient (Wildman–Crippen LogP) is 4.59. The van der Waals surface area contributed by atoms with E-state index in [-0.39, 0.29) is 5.75 Å². The fourth-order valence-electron chi connectivity index (χ4n) is 3.94. The molecule has 4 rings (SSSR count). The maximum absolute atomic E-state index is 10.5. The van der Waals surface area contributed by atoms with Crippen LogP contribution in [0.2, 0.25) is 0 Å². The number of phenols is 1. The molecule has 2 N–H and O–H groups in total. The molecular weight excluding hydrogens is 436 g/mol. The van der Waals surface area contributed by atoms with Crippen molar-refractivity contribution >= 4 is 12.2 Å². The van der Waals surface area contributed by atoms with Crippen molar-refractivity contribution in [3.8, 4) is 22.9 Å². The number of hydrogen-bond donors (Lipinski definition) is 2. The van der Waals surface area contributed by atoms with Gasteiger partial charge < -0.3 is 14.6 Å². The van der Waals surface area contributed by atoms with Crippen LogP contribution < -0.4 is 4.74 Å². The molecule has 1 aliphatic rings. The Morgan fingerprint density at radius 1 is 1.15 bits per heavy atom. The first kappa shape index (κ1) is 23.5. The standard InChI is InChI=1S/C25H32N4O3S/c1-18(2)20-6-9-23(30)22(16-20)24-26-27-25(33)29(24)17-19-4-7-21(8-5-19)32-13-3-10-28-11-14-31-15-12-28/h4-9,16,18,30H,3,10-15,17H2,1-2H3,(H,27,33). The Bertz CT molecular complexity index is 1100. The van der Waals surface area contributed by atoms with Gasteiger partial charge in [-0.15, -0.1) is 0 Å². The molecule has 0 saturated carbocycles. The Kier molecular flexibility index (Phi) is 7.80. The van der Waals surface area contributed by atoms with Gasteiger partial charge in [0.1, 0.15) is 11.5 Å². The molecule has 8 heteroatoms. The van der Waals surface area contributed by atoms with Gasteiger partial charge in [0.15, 0.2) is 10.6 Å². The first-order valence-corrected chi connectivity index (χ1v) is 11.9. The molecule has 0 radical (unpaired) electrons. The third-order valence-corrected chi connectivity index (χ3v) is 6.25. The highest BCUT2D eigenvalue weighted by atomic mass is 32.1. The van der Waals surface area contributed by atoms with Crippen LogP contribution in [0.5, 0.6) is 11.5 Å². The van der Waals surface area contributed by atoms with E-state index in [1.54, 1.807) is 6.07 Å². The highest BCUT2D eigenvalue weighted by Gasteiger charge is 2.15. The first-order chi connectivity index (χ1) is 16.0. The summed E-state index contributed by atoms with van der Waals surface area (Å²) in [6, 6.07) is 13.7. The Morgan fingerprint density at radius 2 is 1.91 bits per heavy atom. The average Bonchev–Trinajstić information content (AvgIpc) is 3.18. The first-order valence-electron chi connectivity index (χ1n) is 11.5. The fourth-order valence-corrected chi connectivity index (χ4v) is 4.14. The molecule has 2 heterocycles. The number of morpholine rings is 1. The minimum atomic E-state index is 0.190. The number of aromatic amines is 1. The number of nitrogens with zero attached hydrogens (tertiary/aromatic N) is 3.